The van der Waals surface area contributed by atoms with Crippen LogP contribution in [-0.2, 0) is 0 Å². The summed E-state index contributed by atoms with van der Waals surface area (Å²) in [6.07, 6.45) is 2.06. The van der Waals surface area contributed by atoms with Crippen LogP contribution in [0.25, 0.3) is 11.1 Å². The quantitative estimate of drug-likeness (QED) is 0.924. The molecule has 0 radical (unpaired) electrons. The first-order valence-corrected chi connectivity index (χ1v) is 8.84. The van der Waals surface area contributed by atoms with E-state index < -0.39 is 0 Å². The first kappa shape index (κ1) is 16.7. The number of rotatable bonds is 4. The highest BCUT2D eigenvalue weighted by atomic mass is 16.2. The minimum Gasteiger partial charge on any atom is -0.339 e. The number of likely N-dealkylation sites (tertiary alicyclic amines) is 1. The van der Waals surface area contributed by atoms with Gasteiger partial charge in [0.15, 0.2) is 0 Å². The second kappa shape index (κ2) is 7.63. The summed E-state index contributed by atoms with van der Waals surface area (Å²) in [5.74, 6) is 0.149. The maximum absolute atomic E-state index is 12.8. The lowest BCUT2D eigenvalue weighted by molar-refractivity contribution is 0.0703. The van der Waals surface area contributed by atoms with Gasteiger partial charge in [-0.05, 0) is 36.1 Å². The zero-order valence-electron chi connectivity index (χ0n) is 14.5. The number of benzene rings is 2. The predicted molar refractivity (Wildman–Crippen MR) is 99.1 cm³/mol. The van der Waals surface area contributed by atoms with E-state index in [0.717, 1.165) is 42.6 Å². The molecule has 2 aromatic carbocycles. The van der Waals surface area contributed by atoms with Crippen molar-refractivity contribution in [3.63, 3.8) is 0 Å². The largest absolute Gasteiger partial charge is 0.339 e. The van der Waals surface area contributed by atoms with E-state index in [1.165, 1.54) is 0 Å². The maximum atomic E-state index is 12.8. The van der Waals surface area contributed by atoms with Crippen molar-refractivity contribution in [2.24, 2.45) is 0 Å². The standard InChI is InChI=1S/C21H26N2O/c1-16(2)22-20-11-13-23(14-12-20)21(24)19-10-6-9-18(15-19)17-7-4-3-5-8-17/h3-10,15-16,20,22H,11-14H2,1-2H3. The average Bonchev–Trinajstić information content (AvgIpc) is 2.62. The van der Waals surface area contributed by atoms with Crippen molar-refractivity contribution in [2.45, 2.75) is 38.8 Å². The van der Waals surface area contributed by atoms with Crippen molar-refractivity contribution in [3.8, 4) is 11.1 Å². The van der Waals surface area contributed by atoms with Crippen molar-refractivity contribution >= 4 is 5.91 Å². The van der Waals surface area contributed by atoms with Gasteiger partial charge in [0.1, 0.15) is 0 Å². The van der Waals surface area contributed by atoms with Crippen LogP contribution in [0.2, 0.25) is 0 Å². The highest BCUT2D eigenvalue weighted by Crippen LogP contribution is 2.22. The minimum absolute atomic E-state index is 0.149. The number of hydrogen-bond acceptors (Lipinski definition) is 2. The monoisotopic (exact) mass is 322 g/mol. The van der Waals surface area contributed by atoms with E-state index in [0.29, 0.717) is 12.1 Å². The molecule has 2 aromatic rings. The number of nitrogens with one attached hydrogen (secondary N) is 1. The van der Waals surface area contributed by atoms with Crippen LogP contribution in [0, 0.1) is 0 Å². The fraction of sp³-hybridized carbons (Fsp3) is 0.381. The number of hydrogen-bond donors (Lipinski definition) is 1. The molecule has 1 aliphatic heterocycles. The molecule has 0 spiro atoms. The maximum Gasteiger partial charge on any atom is 0.253 e. The Balaban J connectivity index is 1.68. The molecule has 3 heteroatoms. The van der Waals surface area contributed by atoms with E-state index in [1.54, 1.807) is 0 Å². The van der Waals surface area contributed by atoms with Gasteiger partial charge in [-0.15, -0.1) is 0 Å². The molecule has 1 fully saturated rings. The lowest BCUT2D eigenvalue weighted by Crippen LogP contribution is -2.46. The van der Waals surface area contributed by atoms with Crippen LogP contribution in [0.15, 0.2) is 54.6 Å². The Hall–Kier alpha value is -2.13. The highest BCUT2D eigenvalue weighted by molar-refractivity contribution is 5.95. The average molecular weight is 322 g/mol. The summed E-state index contributed by atoms with van der Waals surface area (Å²) < 4.78 is 0. The smallest absolute Gasteiger partial charge is 0.253 e. The van der Waals surface area contributed by atoms with E-state index >= 15 is 0 Å². The van der Waals surface area contributed by atoms with Crippen LogP contribution in [0.1, 0.15) is 37.0 Å². The second-order valence-electron chi connectivity index (χ2n) is 6.83. The van der Waals surface area contributed by atoms with E-state index in [2.05, 4.69) is 37.4 Å². The molecule has 1 amide bonds. The normalized spacial score (nSPS) is 15.7. The van der Waals surface area contributed by atoms with Crippen LogP contribution in [0.5, 0.6) is 0 Å². The third-order valence-corrected chi connectivity index (χ3v) is 4.57. The fourth-order valence-electron chi connectivity index (χ4n) is 3.37. The molecule has 3 rings (SSSR count). The van der Waals surface area contributed by atoms with E-state index in [4.69, 9.17) is 0 Å². The molecule has 0 aliphatic carbocycles. The Morgan fingerprint density at radius 3 is 2.33 bits per heavy atom. The summed E-state index contributed by atoms with van der Waals surface area (Å²) in [5.41, 5.74) is 3.02. The Kier molecular flexibility index (Phi) is 5.31. The Labute approximate surface area is 144 Å². The molecule has 1 heterocycles. The number of carbonyl (C=O) groups excluding carboxylic acids is 1. The van der Waals surface area contributed by atoms with Gasteiger partial charge in [0.25, 0.3) is 5.91 Å². The number of nitrogens with zero attached hydrogens (tertiary/aromatic N) is 1. The highest BCUT2D eigenvalue weighted by Gasteiger charge is 2.23. The van der Waals surface area contributed by atoms with E-state index in [-0.39, 0.29) is 5.91 Å². The molecule has 1 saturated heterocycles. The summed E-state index contributed by atoms with van der Waals surface area (Å²) in [5, 5.41) is 3.57. The molecule has 1 N–H and O–H groups in total. The Bertz CT molecular complexity index is 673. The van der Waals surface area contributed by atoms with Gasteiger partial charge in [-0.1, -0.05) is 56.3 Å². The SMILES string of the molecule is CC(C)NC1CCN(C(=O)c2cccc(-c3ccccc3)c2)CC1. The summed E-state index contributed by atoms with van der Waals surface area (Å²) in [7, 11) is 0. The first-order chi connectivity index (χ1) is 11.6. The topological polar surface area (TPSA) is 32.3 Å². The molecule has 0 bridgehead atoms. The van der Waals surface area contributed by atoms with Gasteiger partial charge in [0.2, 0.25) is 0 Å². The van der Waals surface area contributed by atoms with Crippen LogP contribution >= 0.6 is 0 Å². The summed E-state index contributed by atoms with van der Waals surface area (Å²) >= 11 is 0. The van der Waals surface area contributed by atoms with Crippen molar-refractivity contribution in [1.29, 1.82) is 0 Å². The van der Waals surface area contributed by atoms with Crippen molar-refractivity contribution < 1.29 is 4.79 Å². The molecule has 0 aromatic heterocycles. The third-order valence-electron chi connectivity index (χ3n) is 4.57. The van der Waals surface area contributed by atoms with Crippen molar-refractivity contribution in [1.82, 2.24) is 10.2 Å². The molecule has 24 heavy (non-hydrogen) atoms. The van der Waals surface area contributed by atoms with Gasteiger partial charge in [-0.2, -0.15) is 0 Å². The summed E-state index contributed by atoms with van der Waals surface area (Å²) in [6.45, 7) is 6.01. The van der Waals surface area contributed by atoms with Crippen LogP contribution < -0.4 is 5.32 Å². The van der Waals surface area contributed by atoms with E-state index in [9.17, 15) is 4.79 Å². The third kappa shape index (κ3) is 4.04. The molecular formula is C21H26N2O. The summed E-state index contributed by atoms with van der Waals surface area (Å²) in [4.78, 5) is 14.8. The Morgan fingerprint density at radius 2 is 1.67 bits per heavy atom. The molecule has 1 aliphatic rings. The van der Waals surface area contributed by atoms with Gasteiger partial charge in [-0.3, -0.25) is 4.79 Å². The zero-order chi connectivity index (χ0) is 16.9. The summed E-state index contributed by atoms with van der Waals surface area (Å²) in [6, 6.07) is 19.2. The van der Waals surface area contributed by atoms with Gasteiger partial charge in [-0.25, -0.2) is 0 Å². The predicted octanol–water partition coefficient (Wildman–Crippen LogP) is 3.96. The first-order valence-electron chi connectivity index (χ1n) is 8.84. The lowest BCUT2D eigenvalue weighted by Gasteiger charge is -2.33. The molecular weight excluding hydrogens is 296 g/mol. The zero-order valence-corrected chi connectivity index (χ0v) is 14.5. The molecule has 3 nitrogen and oxygen atoms in total. The van der Waals surface area contributed by atoms with Crippen molar-refractivity contribution in [3.05, 3.63) is 60.2 Å². The van der Waals surface area contributed by atoms with Gasteiger partial charge >= 0.3 is 0 Å². The van der Waals surface area contributed by atoms with Gasteiger partial charge < -0.3 is 10.2 Å². The van der Waals surface area contributed by atoms with Gasteiger partial charge in [0, 0.05) is 30.7 Å². The number of piperidine rings is 1. The molecule has 0 atom stereocenters. The Morgan fingerprint density at radius 1 is 1.00 bits per heavy atom. The molecule has 126 valence electrons. The fourth-order valence-corrected chi connectivity index (χ4v) is 3.37. The van der Waals surface area contributed by atoms with Gasteiger partial charge in [0.05, 0.1) is 0 Å². The minimum atomic E-state index is 0.149. The van der Waals surface area contributed by atoms with Crippen LogP contribution in [-0.4, -0.2) is 36.0 Å². The van der Waals surface area contributed by atoms with Crippen LogP contribution in [0.3, 0.4) is 0 Å². The number of amides is 1. The molecule has 0 unspecified atom stereocenters. The van der Waals surface area contributed by atoms with Crippen molar-refractivity contribution in [2.75, 3.05) is 13.1 Å². The molecule has 0 saturated carbocycles. The van der Waals surface area contributed by atoms with E-state index in [1.807, 2.05) is 41.3 Å². The second-order valence-corrected chi connectivity index (χ2v) is 6.83. The lowest BCUT2D eigenvalue weighted by atomic mass is 10.0. The van der Waals surface area contributed by atoms with Crippen LogP contribution in [0.4, 0.5) is 0 Å². The number of carbonyl (C=O) groups is 1.